The van der Waals surface area contributed by atoms with Crippen LogP contribution < -0.4 is 11.1 Å². The van der Waals surface area contributed by atoms with Crippen molar-refractivity contribution >= 4 is 5.91 Å². The van der Waals surface area contributed by atoms with E-state index in [1.807, 2.05) is 25.1 Å². The molecule has 20 heavy (non-hydrogen) atoms. The van der Waals surface area contributed by atoms with Gasteiger partial charge in [-0.1, -0.05) is 25.8 Å². The van der Waals surface area contributed by atoms with Crippen LogP contribution in [0.4, 0.5) is 0 Å². The predicted molar refractivity (Wildman–Crippen MR) is 82.8 cm³/mol. The molecule has 1 saturated carbocycles. The monoisotopic (exact) mass is 274 g/mol. The van der Waals surface area contributed by atoms with Crippen molar-refractivity contribution in [2.24, 2.45) is 11.7 Å². The Hall–Kier alpha value is -1.35. The molecular weight excluding hydrogens is 248 g/mol. The van der Waals surface area contributed by atoms with Gasteiger partial charge in [-0.05, 0) is 55.9 Å². The molecule has 2 rings (SSSR count). The lowest BCUT2D eigenvalue weighted by atomic mass is 9.76. The molecule has 1 aliphatic carbocycles. The third-order valence-corrected chi connectivity index (χ3v) is 4.63. The highest BCUT2D eigenvalue weighted by Gasteiger charge is 2.35. The van der Waals surface area contributed by atoms with E-state index < -0.39 is 0 Å². The van der Waals surface area contributed by atoms with Gasteiger partial charge in [-0.3, -0.25) is 4.79 Å². The Kier molecular flexibility index (Phi) is 4.48. The molecule has 0 bridgehead atoms. The van der Waals surface area contributed by atoms with Crippen LogP contribution in [-0.4, -0.2) is 18.0 Å². The molecule has 2 atom stereocenters. The maximum absolute atomic E-state index is 12.5. The Morgan fingerprint density at radius 3 is 2.75 bits per heavy atom. The zero-order valence-corrected chi connectivity index (χ0v) is 12.8. The number of nitrogens with one attached hydrogen (secondary N) is 1. The Balaban J connectivity index is 2.14. The van der Waals surface area contributed by atoms with Crippen LogP contribution in [0.1, 0.15) is 54.1 Å². The van der Waals surface area contributed by atoms with Crippen LogP contribution in [0.5, 0.6) is 0 Å². The summed E-state index contributed by atoms with van der Waals surface area (Å²) in [4.78, 5) is 12.5. The summed E-state index contributed by atoms with van der Waals surface area (Å²) in [6, 6.07) is 5.86. The maximum atomic E-state index is 12.5. The summed E-state index contributed by atoms with van der Waals surface area (Å²) >= 11 is 0. The Morgan fingerprint density at radius 2 is 2.15 bits per heavy atom. The van der Waals surface area contributed by atoms with Crippen molar-refractivity contribution in [2.75, 3.05) is 6.54 Å². The zero-order valence-electron chi connectivity index (χ0n) is 12.8. The van der Waals surface area contributed by atoms with Gasteiger partial charge in [0.2, 0.25) is 0 Å². The first-order valence-corrected chi connectivity index (χ1v) is 7.55. The van der Waals surface area contributed by atoms with Crippen LogP contribution in [0.15, 0.2) is 18.2 Å². The van der Waals surface area contributed by atoms with E-state index in [-0.39, 0.29) is 11.4 Å². The van der Waals surface area contributed by atoms with Gasteiger partial charge < -0.3 is 11.1 Å². The molecule has 3 nitrogen and oxygen atoms in total. The summed E-state index contributed by atoms with van der Waals surface area (Å²) in [6.45, 7) is 6.86. The molecule has 0 aromatic heterocycles. The molecule has 3 N–H and O–H groups in total. The van der Waals surface area contributed by atoms with Gasteiger partial charge in [0, 0.05) is 12.1 Å². The summed E-state index contributed by atoms with van der Waals surface area (Å²) in [5.74, 6) is 0.639. The maximum Gasteiger partial charge on any atom is 0.251 e. The van der Waals surface area contributed by atoms with Crippen molar-refractivity contribution in [3.8, 4) is 0 Å². The number of hydrogen-bond donors (Lipinski definition) is 2. The predicted octanol–water partition coefficient (Wildman–Crippen LogP) is 2.94. The molecule has 0 saturated heterocycles. The second-order valence-electron chi connectivity index (χ2n) is 6.44. The number of aryl methyl sites for hydroxylation is 2. The first-order chi connectivity index (χ1) is 9.46. The van der Waals surface area contributed by atoms with E-state index in [1.165, 1.54) is 12.0 Å². The average molecular weight is 274 g/mol. The normalized spacial score (nSPS) is 26.3. The highest BCUT2D eigenvalue weighted by molar-refractivity contribution is 5.95. The first kappa shape index (κ1) is 15.0. The number of amides is 1. The number of benzene rings is 1. The molecule has 0 aliphatic heterocycles. The lowest BCUT2D eigenvalue weighted by Crippen LogP contribution is -2.56. The van der Waals surface area contributed by atoms with Crippen LogP contribution in [0.2, 0.25) is 0 Å². The summed E-state index contributed by atoms with van der Waals surface area (Å²) in [6.07, 6.45) is 4.36. The highest BCUT2D eigenvalue weighted by atomic mass is 16.1. The molecule has 1 fully saturated rings. The summed E-state index contributed by atoms with van der Waals surface area (Å²) in [5.41, 5.74) is 8.85. The number of hydrogen-bond acceptors (Lipinski definition) is 2. The second kappa shape index (κ2) is 5.96. The lowest BCUT2D eigenvalue weighted by molar-refractivity contribution is 0.0854. The zero-order chi connectivity index (χ0) is 14.8. The van der Waals surface area contributed by atoms with Gasteiger partial charge in [0.1, 0.15) is 0 Å². The molecule has 1 aromatic rings. The quantitative estimate of drug-likeness (QED) is 0.890. The molecule has 1 aromatic carbocycles. The molecular formula is C17H26N2O. The largest absolute Gasteiger partial charge is 0.345 e. The average Bonchev–Trinajstić information content (AvgIpc) is 2.41. The van der Waals surface area contributed by atoms with Crippen LogP contribution in [0.3, 0.4) is 0 Å². The van der Waals surface area contributed by atoms with Crippen LogP contribution in [0.25, 0.3) is 0 Å². The fraction of sp³-hybridized carbons (Fsp3) is 0.588. The Morgan fingerprint density at radius 1 is 1.40 bits per heavy atom. The molecule has 1 amide bonds. The van der Waals surface area contributed by atoms with Crippen LogP contribution >= 0.6 is 0 Å². The van der Waals surface area contributed by atoms with Gasteiger partial charge in [0.25, 0.3) is 5.91 Å². The Bertz CT molecular complexity index is 498. The van der Waals surface area contributed by atoms with Gasteiger partial charge in [-0.25, -0.2) is 0 Å². The van der Waals surface area contributed by atoms with Crippen LogP contribution in [0, 0.1) is 19.8 Å². The summed E-state index contributed by atoms with van der Waals surface area (Å²) in [5, 5.41) is 3.21. The minimum Gasteiger partial charge on any atom is -0.345 e. The fourth-order valence-electron chi connectivity index (χ4n) is 3.21. The number of carbonyl (C=O) groups is 1. The van der Waals surface area contributed by atoms with E-state index in [1.54, 1.807) is 0 Å². The number of carbonyl (C=O) groups excluding carboxylic acids is 1. The molecule has 0 heterocycles. The van der Waals surface area contributed by atoms with Crippen molar-refractivity contribution in [2.45, 2.75) is 52.0 Å². The third kappa shape index (κ3) is 3.21. The van der Waals surface area contributed by atoms with E-state index in [0.29, 0.717) is 12.5 Å². The van der Waals surface area contributed by atoms with E-state index in [9.17, 15) is 4.79 Å². The van der Waals surface area contributed by atoms with E-state index in [2.05, 4.69) is 19.2 Å². The van der Waals surface area contributed by atoms with E-state index in [0.717, 1.165) is 30.4 Å². The minimum absolute atomic E-state index is 0.00708. The Labute approximate surface area is 121 Å². The van der Waals surface area contributed by atoms with Crippen molar-refractivity contribution in [1.82, 2.24) is 5.32 Å². The lowest BCUT2D eigenvalue weighted by Gasteiger charge is -2.40. The van der Waals surface area contributed by atoms with Crippen molar-refractivity contribution in [3.05, 3.63) is 34.9 Å². The van der Waals surface area contributed by atoms with Crippen LogP contribution in [-0.2, 0) is 0 Å². The SMILES string of the molecule is Cc1ccc(C(=O)NC2(CN)CCCC(C)C2)cc1C. The summed E-state index contributed by atoms with van der Waals surface area (Å²) < 4.78 is 0. The van der Waals surface area contributed by atoms with Crippen molar-refractivity contribution in [1.29, 1.82) is 0 Å². The molecule has 1 aliphatic rings. The molecule has 0 spiro atoms. The van der Waals surface area contributed by atoms with Gasteiger partial charge in [-0.2, -0.15) is 0 Å². The molecule has 2 unspecified atom stereocenters. The van der Waals surface area contributed by atoms with Gasteiger partial charge in [0.05, 0.1) is 5.54 Å². The smallest absolute Gasteiger partial charge is 0.251 e. The van der Waals surface area contributed by atoms with E-state index in [4.69, 9.17) is 5.73 Å². The standard InChI is InChI=1S/C17H26N2O/c1-12-5-4-8-17(10-12,11-18)19-16(20)15-7-6-13(2)14(3)9-15/h6-7,9,12H,4-5,8,10-11,18H2,1-3H3,(H,19,20). The van der Waals surface area contributed by atoms with E-state index >= 15 is 0 Å². The van der Waals surface area contributed by atoms with Crippen molar-refractivity contribution < 1.29 is 4.79 Å². The first-order valence-electron chi connectivity index (χ1n) is 7.55. The molecule has 110 valence electrons. The second-order valence-corrected chi connectivity index (χ2v) is 6.44. The number of nitrogens with two attached hydrogens (primary N) is 1. The molecule has 3 heteroatoms. The van der Waals surface area contributed by atoms with Gasteiger partial charge in [0.15, 0.2) is 0 Å². The summed E-state index contributed by atoms with van der Waals surface area (Å²) in [7, 11) is 0. The minimum atomic E-state index is -0.215. The van der Waals surface area contributed by atoms with Gasteiger partial charge >= 0.3 is 0 Å². The van der Waals surface area contributed by atoms with Gasteiger partial charge in [-0.15, -0.1) is 0 Å². The third-order valence-electron chi connectivity index (χ3n) is 4.63. The van der Waals surface area contributed by atoms with Crippen molar-refractivity contribution in [3.63, 3.8) is 0 Å². The fourth-order valence-corrected chi connectivity index (χ4v) is 3.21. The molecule has 0 radical (unpaired) electrons. The number of rotatable bonds is 3. The topological polar surface area (TPSA) is 55.1 Å². The highest BCUT2D eigenvalue weighted by Crippen LogP contribution is 2.31.